The van der Waals surface area contributed by atoms with Gasteiger partial charge in [-0.2, -0.15) is 4.68 Å². The quantitative estimate of drug-likeness (QED) is 0.129. The molecule has 6 rings (SSSR count). The highest BCUT2D eigenvalue weighted by Crippen LogP contribution is 2.43. The van der Waals surface area contributed by atoms with Gasteiger partial charge in [0.2, 0.25) is 11.1 Å². The number of tetrazole rings is 1. The summed E-state index contributed by atoms with van der Waals surface area (Å²) < 4.78 is 15.0. The number of hydrogen-bond acceptors (Lipinski definition) is 9. The predicted octanol–water partition coefficient (Wildman–Crippen LogP) is 5.89. The number of carbonyl (C=O) groups excluding carboxylic acids is 1. The van der Waals surface area contributed by atoms with Gasteiger partial charge in [-0.1, -0.05) is 110 Å². The zero-order valence-corrected chi connectivity index (χ0v) is 27.7. The molecule has 4 aromatic carbocycles. The molecule has 3 N–H and O–H groups in total. The van der Waals surface area contributed by atoms with Crippen LogP contribution >= 0.6 is 11.8 Å². The first-order valence-electron chi connectivity index (χ1n) is 16.0. The minimum atomic E-state index is -1.00. The molecule has 1 aromatic heterocycles. The van der Waals surface area contributed by atoms with Crippen molar-refractivity contribution in [1.29, 1.82) is 0 Å². The maximum Gasteiger partial charge on any atom is 0.303 e. The second-order valence-corrected chi connectivity index (χ2v) is 12.8. The lowest BCUT2D eigenvalue weighted by molar-refractivity contribution is -0.268. The van der Waals surface area contributed by atoms with Crippen molar-refractivity contribution in [3.63, 3.8) is 0 Å². The van der Waals surface area contributed by atoms with E-state index in [-0.39, 0.29) is 50.0 Å². The van der Waals surface area contributed by atoms with Crippen LogP contribution in [0.3, 0.4) is 0 Å². The molecule has 2 heterocycles. The number of para-hydroxylation sites is 1. The first-order chi connectivity index (χ1) is 23.9. The highest BCUT2D eigenvalue weighted by molar-refractivity contribution is 7.99. The molecular weight excluding hydrogens is 643 g/mol. The number of nitrogens with zero attached hydrogens (tertiary/aromatic N) is 4. The molecule has 0 bridgehead atoms. The molecule has 1 aliphatic heterocycles. The molecule has 5 aromatic rings. The number of carbonyl (C=O) groups is 2. The lowest BCUT2D eigenvalue weighted by Crippen LogP contribution is -2.38. The zero-order chi connectivity index (χ0) is 34.2. The molecule has 12 heteroatoms. The Hall–Kier alpha value is -4.88. The molecule has 49 heavy (non-hydrogen) atoms. The fourth-order valence-electron chi connectivity index (χ4n) is 5.75. The van der Waals surface area contributed by atoms with Crippen LogP contribution in [-0.4, -0.2) is 54.2 Å². The van der Waals surface area contributed by atoms with E-state index in [2.05, 4.69) is 27.8 Å². The van der Waals surface area contributed by atoms with Crippen LogP contribution < -0.4 is 5.32 Å². The number of aliphatic carboxylic acids is 1. The van der Waals surface area contributed by atoms with E-state index in [1.54, 1.807) is 4.68 Å². The highest BCUT2D eigenvalue weighted by atomic mass is 32.2. The van der Waals surface area contributed by atoms with Crippen LogP contribution in [0.15, 0.2) is 108 Å². The molecule has 1 aliphatic rings. The van der Waals surface area contributed by atoms with E-state index >= 15 is 0 Å². The van der Waals surface area contributed by atoms with Crippen LogP contribution in [-0.2, 0) is 32.2 Å². The second-order valence-electron chi connectivity index (χ2n) is 11.8. The van der Waals surface area contributed by atoms with Crippen LogP contribution in [0.1, 0.15) is 54.4 Å². The van der Waals surface area contributed by atoms with Crippen molar-refractivity contribution < 1.29 is 29.3 Å². The van der Waals surface area contributed by atoms with Gasteiger partial charge in [-0.15, -0.1) is 5.10 Å². The summed E-state index contributed by atoms with van der Waals surface area (Å²) in [4.78, 5) is 23.0. The number of nitrogens with one attached hydrogen (secondary N) is 1. The highest BCUT2D eigenvalue weighted by Gasteiger charge is 2.38. The topological polar surface area (TPSA) is 149 Å². The van der Waals surface area contributed by atoms with E-state index in [1.165, 1.54) is 11.8 Å². The van der Waals surface area contributed by atoms with E-state index in [1.807, 2.05) is 103 Å². The Balaban J connectivity index is 1.21. The predicted molar refractivity (Wildman–Crippen MR) is 183 cm³/mol. The molecule has 1 saturated heterocycles. The number of aliphatic hydroxyl groups is 1. The Morgan fingerprint density at radius 2 is 1.59 bits per heavy atom. The van der Waals surface area contributed by atoms with Crippen molar-refractivity contribution in [3.8, 4) is 16.8 Å². The van der Waals surface area contributed by atoms with Crippen molar-refractivity contribution in [2.24, 2.45) is 5.92 Å². The molecule has 4 atom stereocenters. The zero-order valence-electron chi connectivity index (χ0n) is 26.9. The summed E-state index contributed by atoms with van der Waals surface area (Å²) in [5, 5.41) is 34.3. The molecule has 1 fully saturated rings. The van der Waals surface area contributed by atoms with E-state index in [9.17, 15) is 14.7 Å². The minimum absolute atomic E-state index is 0.0124. The lowest BCUT2D eigenvalue weighted by atomic mass is 9.91. The van der Waals surface area contributed by atoms with E-state index in [0.717, 1.165) is 39.1 Å². The number of thioether (sulfide) groups is 1. The van der Waals surface area contributed by atoms with Gasteiger partial charge in [0.05, 0.1) is 30.9 Å². The van der Waals surface area contributed by atoms with Crippen LogP contribution in [0.25, 0.3) is 16.8 Å². The summed E-state index contributed by atoms with van der Waals surface area (Å²) in [5.41, 5.74) is 6.39. The molecule has 0 unspecified atom stereocenters. The van der Waals surface area contributed by atoms with Crippen LogP contribution in [0.4, 0.5) is 0 Å². The molecule has 0 radical (unpaired) electrons. The third-order valence-corrected chi connectivity index (χ3v) is 9.50. The standard InChI is InChI=1S/C37H37N5O6S/c1-24-32(23-49-37-39-40-41-42(37)30-8-3-2-4-9-30)47-36(48-35(24)27-13-11-25(22-43)12-14-27)28-17-15-26(16-18-28)31-10-6-5-7-29(31)21-38-33(44)19-20-34(45)46/h2-18,24,32,35-36,43H,19-23H2,1H3,(H,38,44)(H,45,46)/t24-,32+,35+,36+/m1/s1. The fraction of sp³-hybridized carbons (Fsp3) is 0.270. The summed E-state index contributed by atoms with van der Waals surface area (Å²) in [6.45, 7) is 2.37. The first-order valence-corrected chi connectivity index (χ1v) is 17.0. The number of rotatable bonds is 13. The van der Waals surface area contributed by atoms with Gasteiger partial charge in [0, 0.05) is 30.2 Å². The SMILES string of the molecule is C[C@@H]1[C@H](CSc2nnnn2-c2ccccc2)O[C@H](c2ccc(-c3ccccc3CNC(=O)CCC(=O)O)cc2)O[C@@H]1c1ccc(CO)cc1. The van der Waals surface area contributed by atoms with Gasteiger partial charge in [-0.25, -0.2) is 0 Å². The average molecular weight is 680 g/mol. The minimum Gasteiger partial charge on any atom is -0.481 e. The van der Waals surface area contributed by atoms with Gasteiger partial charge in [0.15, 0.2) is 6.29 Å². The summed E-state index contributed by atoms with van der Waals surface area (Å²) in [6, 6.07) is 33.3. The molecule has 0 saturated carbocycles. The number of amides is 1. The van der Waals surface area contributed by atoms with Gasteiger partial charge in [-0.05, 0) is 50.4 Å². The molecule has 0 aliphatic carbocycles. The number of ether oxygens (including phenoxy) is 2. The van der Waals surface area contributed by atoms with Crippen LogP contribution in [0, 0.1) is 5.92 Å². The normalized spacial score (nSPS) is 19.0. The smallest absolute Gasteiger partial charge is 0.303 e. The van der Waals surface area contributed by atoms with Gasteiger partial charge in [0.25, 0.3) is 0 Å². The van der Waals surface area contributed by atoms with E-state index in [0.29, 0.717) is 10.9 Å². The summed E-state index contributed by atoms with van der Waals surface area (Å²) in [5.74, 6) is -0.736. The molecular formula is C37H37N5O6S. The first kappa shape index (κ1) is 34.0. The number of hydrogen-bond donors (Lipinski definition) is 3. The van der Waals surface area contributed by atoms with E-state index < -0.39 is 12.3 Å². The summed E-state index contributed by atoms with van der Waals surface area (Å²) in [6.07, 6.45) is -1.40. The monoisotopic (exact) mass is 679 g/mol. The number of benzene rings is 4. The Morgan fingerprint density at radius 3 is 2.33 bits per heavy atom. The fourth-order valence-corrected chi connectivity index (χ4v) is 6.80. The van der Waals surface area contributed by atoms with Crippen LogP contribution in [0.2, 0.25) is 0 Å². The Morgan fingerprint density at radius 1 is 0.878 bits per heavy atom. The summed E-state index contributed by atoms with van der Waals surface area (Å²) >= 11 is 1.53. The van der Waals surface area contributed by atoms with Crippen LogP contribution in [0.5, 0.6) is 0 Å². The largest absolute Gasteiger partial charge is 0.481 e. The van der Waals surface area contributed by atoms with Crippen molar-refractivity contribution in [2.45, 2.75) is 56.6 Å². The second kappa shape index (κ2) is 16.0. The van der Waals surface area contributed by atoms with Crippen molar-refractivity contribution in [1.82, 2.24) is 25.5 Å². The van der Waals surface area contributed by atoms with Gasteiger partial charge in [0.1, 0.15) is 0 Å². The van der Waals surface area contributed by atoms with Gasteiger partial charge >= 0.3 is 5.97 Å². The van der Waals surface area contributed by atoms with Crippen molar-refractivity contribution in [3.05, 3.63) is 125 Å². The maximum absolute atomic E-state index is 12.2. The molecule has 11 nitrogen and oxygen atoms in total. The van der Waals surface area contributed by atoms with Gasteiger partial charge in [-0.3, -0.25) is 9.59 Å². The maximum atomic E-state index is 12.2. The number of carboxylic acids is 1. The lowest BCUT2D eigenvalue weighted by Gasteiger charge is -2.41. The molecule has 1 amide bonds. The number of aliphatic hydroxyl groups excluding tert-OH is 1. The van der Waals surface area contributed by atoms with E-state index in [4.69, 9.17) is 14.6 Å². The number of carboxylic acid groups (broad SMARTS) is 1. The average Bonchev–Trinajstić information content (AvgIpc) is 3.62. The van der Waals surface area contributed by atoms with Crippen molar-refractivity contribution in [2.75, 3.05) is 5.75 Å². The Bertz CT molecular complexity index is 1850. The van der Waals surface area contributed by atoms with Crippen molar-refractivity contribution >= 4 is 23.6 Å². The molecule has 252 valence electrons. The Kier molecular flexibility index (Phi) is 11.1. The Labute approximate surface area is 288 Å². The third kappa shape index (κ3) is 8.41. The molecule has 0 spiro atoms. The third-order valence-electron chi connectivity index (χ3n) is 8.49. The number of aromatic nitrogens is 4. The van der Waals surface area contributed by atoms with Gasteiger partial charge < -0.3 is 25.0 Å². The summed E-state index contributed by atoms with van der Waals surface area (Å²) in [7, 11) is 0.